The fourth-order valence-corrected chi connectivity index (χ4v) is 1.53. The van der Waals surface area contributed by atoms with Crippen LogP contribution in [0.25, 0.3) is 0 Å². The van der Waals surface area contributed by atoms with Gasteiger partial charge in [-0.1, -0.05) is 26.0 Å². The van der Waals surface area contributed by atoms with Crippen molar-refractivity contribution >= 4 is 5.91 Å². The van der Waals surface area contributed by atoms with Crippen LogP contribution in [0.4, 0.5) is 0 Å². The lowest BCUT2D eigenvalue weighted by Gasteiger charge is -2.11. The van der Waals surface area contributed by atoms with E-state index >= 15 is 0 Å². The number of carbonyl (C=O) groups is 1. The minimum Gasteiger partial charge on any atom is -0.351 e. The van der Waals surface area contributed by atoms with Crippen LogP contribution in [0.3, 0.4) is 0 Å². The van der Waals surface area contributed by atoms with Crippen LogP contribution in [-0.4, -0.2) is 38.0 Å². The van der Waals surface area contributed by atoms with Crippen molar-refractivity contribution in [3.05, 3.63) is 35.4 Å². The highest BCUT2D eigenvalue weighted by atomic mass is 16.1. The van der Waals surface area contributed by atoms with E-state index in [1.165, 1.54) is 5.56 Å². The Morgan fingerprint density at radius 3 is 2.65 bits per heavy atom. The van der Waals surface area contributed by atoms with E-state index < -0.39 is 0 Å². The molecule has 1 amide bonds. The van der Waals surface area contributed by atoms with Crippen molar-refractivity contribution in [2.45, 2.75) is 19.8 Å². The molecule has 3 heteroatoms. The van der Waals surface area contributed by atoms with Crippen LogP contribution in [0.2, 0.25) is 0 Å². The van der Waals surface area contributed by atoms with E-state index in [2.05, 4.69) is 25.2 Å². The highest BCUT2D eigenvalue weighted by molar-refractivity contribution is 5.94. The second-order valence-corrected chi connectivity index (χ2v) is 4.84. The van der Waals surface area contributed by atoms with Crippen molar-refractivity contribution in [3.8, 4) is 0 Å². The van der Waals surface area contributed by atoms with E-state index in [1.807, 2.05) is 37.2 Å². The molecule has 0 atom stereocenters. The van der Waals surface area contributed by atoms with Crippen molar-refractivity contribution in [1.29, 1.82) is 0 Å². The molecule has 1 aromatic rings. The standard InChI is InChI=1S/C14H22N2O/c1-11(2)12-6-5-7-13(10-12)14(17)15-8-9-16(3)4/h5-7,10-11H,8-9H2,1-4H3,(H,15,17). The summed E-state index contributed by atoms with van der Waals surface area (Å²) < 4.78 is 0. The molecular weight excluding hydrogens is 212 g/mol. The predicted molar refractivity (Wildman–Crippen MR) is 71.4 cm³/mol. The van der Waals surface area contributed by atoms with Crippen molar-refractivity contribution < 1.29 is 4.79 Å². The number of amides is 1. The molecule has 17 heavy (non-hydrogen) atoms. The SMILES string of the molecule is CC(C)c1cccc(C(=O)NCCN(C)C)c1. The molecular formula is C14H22N2O. The van der Waals surface area contributed by atoms with Gasteiger partial charge in [-0.2, -0.15) is 0 Å². The third-order valence-electron chi connectivity index (χ3n) is 2.66. The van der Waals surface area contributed by atoms with E-state index in [0.717, 1.165) is 12.1 Å². The maximum absolute atomic E-state index is 11.9. The molecule has 0 aliphatic heterocycles. The van der Waals surface area contributed by atoms with Crippen molar-refractivity contribution in [2.24, 2.45) is 0 Å². The van der Waals surface area contributed by atoms with Gasteiger partial charge in [0.15, 0.2) is 0 Å². The monoisotopic (exact) mass is 234 g/mol. The van der Waals surface area contributed by atoms with Crippen LogP contribution in [0.15, 0.2) is 24.3 Å². The number of likely N-dealkylation sites (N-methyl/N-ethyl adjacent to an activating group) is 1. The lowest BCUT2D eigenvalue weighted by atomic mass is 10.0. The van der Waals surface area contributed by atoms with Gasteiger partial charge in [0.2, 0.25) is 0 Å². The minimum absolute atomic E-state index is 0.00866. The average Bonchev–Trinajstić information content (AvgIpc) is 2.28. The lowest BCUT2D eigenvalue weighted by Crippen LogP contribution is -2.31. The molecule has 1 rings (SSSR count). The van der Waals surface area contributed by atoms with Crippen LogP contribution in [-0.2, 0) is 0 Å². The van der Waals surface area contributed by atoms with Crippen LogP contribution in [0, 0.1) is 0 Å². The summed E-state index contributed by atoms with van der Waals surface area (Å²) in [6.07, 6.45) is 0. The quantitative estimate of drug-likeness (QED) is 0.846. The summed E-state index contributed by atoms with van der Waals surface area (Å²) in [4.78, 5) is 13.9. The van der Waals surface area contributed by atoms with E-state index in [9.17, 15) is 4.79 Å². The van der Waals surface area contributed by atoms with Crippen molar-refractivity contribution in [1.82, 2.24) is 10.2 Å². The summed E-state index contributed by atoms with van der Waals surface area (Å²) in [6, 6.07) is 7.82. The second kappa shape index (κ2) is 6.40. The Hall–Kier alpha value is -1.35. The number of nitrogens with zero attached hydrogens (tertiary/aromatic N) is 1. The van der Waals surface area contributed by atoms with Crippen LogP contribution >= 0.6 is 0 Å². The maximum atomic E-state index is 11.9. The van der Waals surface area contributed by atoms with Crippen molar-refractivity contribution in [3.63, 3.8) is 0 Å². The molecule has 0 spiro atoms. The van der Waals surface area contributed by atoms with Gasteiger partial charge in [0, 0.05) is 18.7 Å². The Bertz CT molecular complexity index is 372. The van der Waals surface area contributed by atoms with E-state index in [1.54, 1.807) is 0 Å². The number of hydrogen-bond acceptors (Lipinski definition) is 2. The second-order valence-electron chi connectivity index (χ2n) is 4.84. The Labute approximate surface area is 104 Å². The number of hydrogen-bond donors (Lipinski definition) is 1. The molecule has 0 unspecified atom stereocenters. The zero-order valence-electron chi connectivity index (χ0n) is 11.2. The van der Waals surface area contributed by atoms with Gasteiger partial charge in [-0.3, -0.25) is 4.79 Å². The smallest absolute Gasteiger partial charge is 0.251 e. The average molecular weight is 234 g/mol. The first-order valence-electron chi connectivity index (χ1n) is 6.03. The fraction of sp³-hybridized carbons (Fsp3) is 0.500. The van der Waals surface area contributed by atoms with Crippen LogP contribution in [0.5, 0.6) is 0 Å². The zero-order valence-corrected chi connectivity index (χ0v) is 11.2. The highest BCUT2D eigenvalue weighted by Gasteiger charge is 2.07. The molecule has 0 radical (unpaired) electrons. The van der Waals surface area contributed by atoms with Gasteiger partial charge >= 0.3 is 0 Å². The molecule has 1 aromatic carbocycles. The van der Waals surface area contributed by atoms with Gasteiger partial charge < -0.3 is 10.2 Å². The molecule has 0 fully saturated rings. The molecule has 3 nitrogen and oxygen atoms in total. The van der Waals surface area contributed by atoms with Gasteiger partial charge in [0.05, 0.1) is 0 Å². The van der Waals surface area contributed by atoms with E-state index in [-0.39, 0.29) is 5.91 Å². The molecule has 0 aromatic heterocycles. The lowest BCUT2D eigenvalue weighted by molar-refractivity contribution is 0.0951. The van der Waals surface area contributed by atoms with Crippen molar-refractivity contribution in [2.75, 3.05) is 27.2 Å². The first-order valence-corrected chi connectivity index (χ1v) is 6.03. The third-order valence-corrected chi connectivity index (χ3v) is 2.66. The summed E-state index contributed by atoms with van der Waals surface area (Å²) in [5.41, 5.74) is 1.94. The molecule has 94 valence electrons. The number of rotatable bonds is 5. The third kappa shape index (κ3) is 4.57. The molecule has 0 heterocycles. The van der Waals surface area contributed by atoms with Gasteiger partial charge in [-0.05, 0) is 37.7 Å². The summed E-state index contributed by atoms with van der Waals surface area (Å²) in [6.45, 7) is 5.79. The Morgan fingerprint density at radius 2 is 2.06 bits per heavy atom. The maximum Gasteiger partial charge on any atom is 0.251 e. The molecule has 0 aliphatic rings. The molecule has 0 saturated heterocycles. The number of carbonyl (C=O) groups excluding carboxylic acids is 1. The fourth-order valence-electron chi connectivity index (χ4n) is 1.53. The topological polar surface area (TPSA) is 32.3 Å². The molecule has 0 aliphatic carbocycles. The molecule has 0 bridgehead atoms. The molecule has 1 N–H and O–H groups in total. The summed E-state index contributed by atoms with van der Waals surface area (Å²) >= 11 is 0. The summed E-state index contributed by atoms with van der Waals surface area (Å²) in [5.74, 6) is 0.457. The predicted octanol–water partition coefficient (Wildman–Crippen LogP) is 2.10. The minimum atomic E-state index is 0.00866. The highest BCUT2D eigenvalue weighted by Crippen LogP contribution is 2.15. The summed E-state index contributed by atoms with van der Waals surface area (Å²) in [5, 5.41) is 2.92. The van der Waals surface area contributed by atoms with E-state index in [0.29, 0.717) is 12.5 Å². The van der Waals surface area contributed by atoms with Crippen LogP contribution in [0.1, 0.15) is 35.7 Å². The van der Waals surface area contributed by atoms with E-state index in [4.69, 9.17) is 0 Å². The first-order chi connectivity index (χ1) is 8.00. The molecule has 0 saturated carbocycles. The van der Waals surface area contributed by atoms with Crippen LogP contribution < -0.4 is 5.32 Å². The Kier molecular flexibility index (Phi) is 5.16. The zero-order chi connectivity index (χ0) is 12.8. The largest absolute Gasteiger partial charge is 0.351 e. The Morgan fingerprint density at radius 1 is 1.35 bits per heavy atom. The normalized spacial score (nSPS) is 10.9. The van der Waals surface area contributed by atoms with Gasteiger partial charge in [-0.15, -0.1) is 0 Å². The van der Waals surface area contributed by atoms with Gasteiger partial charge in [-0.25, -0.2) is 0 Å². The van der Waals surface area contributed by atoms with Gasteiger partial charge in [0.25, 0.3) is 5.91 Å². The summed E-state index contributed by atoms with van der Waals surface area (Å²) in [7, 11) is 3.98. The first kappa shape index (κ1) is 13.7. The Balaban J connectivity index is 2.59. The number of nitrogens with one attached hydrogen (secondary N) is 1. The van der Waals surface area contributed by atoms with Gasteiger partial charge in [0.1, 0.15) is 0 Å². The number of benzene rings is 1.